The lowest BCUT2D eigenvalue weighted by molar-refractivity contribution is 0.147. The number of hydrogen-bond acceptors (Lipinski definition) is 4. The van der Waals surface area contributed by atoms with E-state index in [0.717, 1.165) is 46.4 Å². The molecule has 4 rings (SSSR count). The number of rotatable bonds is 7. The van der Waals surface area contributed by atoms with Gasteiger partial charge in [-0.1, -0.05) is 26.0 Å². The van der Waals surface area contributed by atoms with E-state index in [9.17, 15) is 4.79 Å². The molecule has 0 saturated heterocycles. The predicted octanol–water partition coefficient (Wildman–Crippen LogP) is 6.22. The number of carbonyl (C=O) groups excluding carboxylic acids is 1. The molecule has 0 aliphatic heterocycles. The minimum atomic E-state index is -0.437. The summed E-state index contributed by atoms with van der Waals surface area (Å²) in [5, 5.41) is 3.83. The van der Waals surface area contributed by atoms with Crippen LogP contribution in [0.1, 0.15) is 46.1 Å². The summed E-state index contributed by atoms with van der Waals surface area (Å²) in [5.74, 6) is 1.16. The Morgan fingerprint density at radius 2 is 1.94 bits per heavy atom. The molecule has 3 N–H and O–H groups in total. The van der Waals surface area contributed by atoms with Crippen molar-refractivity contribution < 1.29 is 14.3 Å². The summed E-state index contributed by atoms with van der Waals surface area (Å²) in [6.45, 7) is 7.02. The number of aromatic nitrogens is 1. The fraction of sp³-hybridized carbons (Fsp3) is 0.400. The van der Waals surface area contributed by atoms with Gasteiger partial charge in [-0.15, -0.1) is 0 Å². The fourth-order valence-electron chi connectivity index (χ4n) is 4.00. The molecule has 1 aliphatic carbocycles. The molecule has 2 aromatic carbocycles. The third-order valence-electron chi connectivity index (χ3n) is 5.72. The van der Waals surface area contributed by atoms with Crippen LogP contribution in [0.4, 0.5) is 16.2 Å². The predicted molar refractivity (Wildman–Crippen MR) is 126 cm³/mol. The Morgan fingerprint density at radius 1 is 1.19 bits per heavy atom. The summed E-state index contributed by atoms with van der Waals surface area (Å²) in [5.41, 5.74) is 11.3. The highest BCUT2D eigenvalue weighted by atomic mass is 16.5. The Kier molecular flexibility index (Phi) is 6.07. The van der Waals surface area contributed by atoms with Crippen molar-refractivity contribution in [3.05, 3.63) is 42.5 Å². The number of nitrogen functional groups attached to an aromatic ring is 1. The molecule has 1 saturated carbocycles. The zero-order chi connectivity index (χ0) is 22.0. The smallest absolute Gasteiger partial charge is 0.411 e. The van der Waals surface area contributed by atoms with E-state index in [0.29, 0.717) is 30.9 Å². The van der Waals surface area contributed by atoms with Gasteiger partial charge in [-0.2, -0.15) is 0 Å². The Labute approximate surface area is 183 Å². The lowest BCUT2D eigenvalue weighted by Gasteiger charge is -2.30. The number of carbonyl (C=O) groups is 1. The van der Waals surface area contributed by atoms with Crippen LogP contribution in [-0.4, -0.2) is 23.9 Å². The molecule has 6 nitrogen and oxygen atoms in total. The first-order chi connectivity index (χ1) is 15.0. The van der Waals surface area contributed by atoms with E-state index < -0.39 is 6.09 Å². The Hall–Kier alpha value is -3.15. The van der Waals surface area contributed by atoms with Crippen molar-refractivity contribution in [3.63, 3.8) is 0 Å². The number of nitrogens with two attached hydrogens (primary N) is 1. The van der Waals surface area contributed by atoms with Gasteiger partial charge >= 0.3 is 6.09 Å². The van der Waals surface area contributed by atoms with Gasteiger partial charge in [0.05, 0.1) is 30.1 Å². The van der Waals surface area contributed by atoms with Gasteiger partial charge in [0.25, 0.3) is 0 Å². The zero-order valence-corrected chi connectivity index (χ0v) is 18.5. The quantitative estimate of drug-likeness (QED) is 0.475. The van der Waals surface area contributed by atoms with Gasteiger partial charge < -0.3 is 19.8 Å². The van der Waals surface area contributed by atoms with Gasteiger partial charge in [-0.25, -0.2) is 4.79 Å². The monoisotopic (exact) mass is 421 g/mol. The highest BCUT2D eigenvalue weighted by Gasteiger charge is 2.27. The lowest BCUT2D eigenvalue weighted by atomic mass is 9.92. The number of ether oxygens (including phenoxy) is 2. The van der Waals surface area contributed by atoms with Gasteiger partial charge in [0, 0.05) is 28.7 Å². The topological polar surface area (TPSA) is 78.5 Å². The molecule has 0 atom stereocenters. The van der Waals surface area contributed by atoms with E-state index >= 15 is 0 Å². The molecule has 31 heavy (non-hydrogen) atoms. The number of benzene rings is 2. The van der Waals surface area contributed by atoms with Crippen LogP contribution in [0.3, 0.4) is 0 Å². The minimum absolute atomic E-state index is 0.299. The van der Waals surface area contributed by atoms with Crippen LogP contribution < -0.4 is 15.8 Å². The van der Waals surface area contributed by atoms with E-state index in [2.05, 4.69) is 22.0 Å². The van der Waals surface area contributed by atoms with Crippen molar-refractivity contribution in [2.24, 2.45) is 5.92 Å². The second kappa shape index (κ2) is 8.92. The summed E-state index contributed by atoms with van der Waals surface area (Å²) in [7, 11) is 0. The molecule has 1 fully saturated rings. The van der Waals surface area contributed by atoms with Crippen LogP contribution in [-0.2, 0) is 4.74 Å². The third-order valence-corrected chi connectivity index (χ3v) is 5.72. The highest BCUT2D eigenvalue weighted by molar-refractivity contribution is 6.01. The molecule has 6 heteroatoms. The van der Waals surface area contributed by atoms with Crippen LogP contribution in [0.2, 0.25) is 0 Å². The summed E-state index contributed by atoms with van der Waals surface area (Å²) in [6, 6.07) is 14.3. The van der Waals surface area contributed by atoms with Crippen LogP contribution in [0, 0.1) is 5.92 Å². The number of fused-ring (bicyclic) bond motifs is 1. The molecule has 1 heterocycles. The molecular weight excluding hydrogens is 390 g/mol. The van der Waals surface area contributed by atoms with Gasteiger partial charge in [0.15, 0.2) is 0 Å². The Morgan fingerprint density at radius 3 is 2.55 bits per heavy atom. The second-order valence-electron chi connectivity index (χ2n) is 8.52. The van der Waals surface area contributed by atoms with Crippen LogP contribution in [0.5, 0.6) is 5.75 Å². The van der Waals surface area contributed by atoms with Crippen molar-refractivity contribution in [2.75, 3.05) is 24.3 Å². The second-order valence-corrected chi connectivity index (χ2v) is 8.52. The maximum Gasteiger partial charge on any atom is 0.411 e. The first-order valence-electron chi connectivity index (χ1n) is 11.1. The Balaban J connectivity index is 1.67. The maximum atomic E-state index is 11.9. The summed E-state index contributed by atoms with van der Waals surface area (Å²) >= 11 is 0. The molecule has 164 valence electrons. The molecule has 1 aromatic heterocycles. The van der Waals surface area contributed by atoms with Crippen molar-refractivity contribution >= 4 is 28.4 Å². The first kappa shape index (κ1) is 21.1. The zero-order valence-electron chi connectivity index (χ0n) is 18.5. The molecular formula is C25H31N3O3. The van der Waals surface area contributed by atoms with Crippen LogP contribution >= 0.6 is 0 Å². The van der Waals surface area contributed by atoms with E-state index in [4.69, 9.17) is 15.2 Å². The van der Waals surface area contributed by atoms with Crippen molar-refractivity contribution in [1.29, 1.82) is 0 Å². The van der Waals surface area contributed by atoms with Crippen LogP contribution in [0.15, 0.2) is 42.5 Å². The number of nitrogens with zero attached hydrogens (tertiary/aromatic N) is 1. The third kappa shape index (κ3) is 4.33. The standard InChI is InChI=1S/C25H31N3O3/c1-4-30-20-12-13-21-22(14-20)28(19-6-5-7-19)24(23(21)26)17-8-10-18(11-9-17)27-25(29)31-15-16(2)3/h8-14,16,19H,4-7,15,26H2,1-3H3,(H,27,29). The fourth-order valence-corrected chi connectivity index (χ4v) is 4.00. The number of amides is 1. The summed E-state index contributed by atoms with van der Waals surface area (Å²) in [6.07, 6.45) is 3.09. The maximum absolute atomic E-state index is 11.9. The van der Waals surface area contributed by atoms with Crippen molar-refractivity contribution in [2.45, 2.75) is 46.1 Å². The van der Waals surface area contributed by atoms with E-state index in [1.165, 1.54) is 6.42 Å². The highest BCUT2D eigenvalue weighted by Crippen LogP contribution is 2.44. The molecule has 0 unspecified atom stereocenters. The summed E-state index contributed by atoms with van der Waals surface area (Å²) < 4.78 is 13.3. The molecule has 0 radical (unpaired) electrons. The summed E-state index contributed by atoms with van der Waals surface area (Å²) in [4.78, 5) is 11.9. The largest absolute Gasteiger partial charge is 0.494 e. The van der Waals surface area contributed by atoms with E-state index in [1.54, 1.807) is 0 Å². The number of anilines is 2. The van der Waals surface area contributed by atoms with Gasteiger partial charge in [-0.3, -0.25) is 5.32 Å². The van der Waals surface area contributed by atoms with Crippen LogP contribution in [0.25, 0.3) is 22.2 Å². The minimum Gasteiger partial charge on any atom is -0.494 e. The van der Waals surface area contributed by atoms with Crippen molar-refractivity contribution in [3.8, 4) is 17.0 Å². The molecule has 3 aromatic rings. The lowest BCUT2D eigenvalue weighted by Crippen LogP contribution is -2.18. The average Bonchev–Trinajstić information content (AvgIpc) is 2.98. The van der Waals surface area contributed by atoms with Gasteiger partial charge in [0.2, 0.25) is 0 Å². The molecule has 0 spiro atoms. The van der Waals surface area contributed by atoms with Gasteiger partial charge in [0.1, 0.15) is 5.75 Å². The molecule has 0 bridgehead atoms. The number of nitrogens with one attached hydrogen (secondary N) is 1. The number of hydrogen-bond donors (Lipinski definition) is 2. The normalized spacial score (nSPS) is 13.9. The van der Waals surface area contributed by atoms with E-state index in [-0.39, 0.29) is 0 Å². The van der Waals surface area contributed by atoms with E-state index in [1.807, 2.05) is 51.1 Å². The van der Waals surface area contributed by atoms with Crippen molar-refractivity contribution in [1.82, 2.24) is 4.57 Å². The van der Waals surface area contributed by atoms with Gasteiger partial charge in [-0.05, 0) is 56.4 Å². The average molecular weight is 422 g/mol. The molecule has 1 aliphatic rings. The Bertz CT molecular complexity index is 1070. The SMILES string of the molecule is CCOc1ccc2c(N)c(-c3ccc(NC(=O)OCC(C)C)cc3)n(C3CCC3)c2c1. The molecule has 1 amide bonds. The first-order valence-corrected chi connectivity index (χ1v) is 11.1.